The van der Waals surface area contributed by atoms with Gasteiger partial charge in [0.25, 0.3) is 0 Å². The summed E-state index contributed by atoms with van der Waals surface area (Å²) in [4.78, 5) is 16.1. The molecule has 0 amide bonds. The Kier molecular flexibility index (Phi) is 5.36. The molecule has 3 heterocycles. The quantitative estimate of drug-likeness (QED) is 0.432. The number of carbonyl (C=O) groups excluding carboxylic acids is 1. The summed E-state index contributed by atoms with van der Waals surface area (Å²) in [7, 11) is 3.98. The third kappa shape index (κ3) is 3.76. The highest BCUT2D eigenvalue weighted by Crippen LogP contribution is 2.46. The van der Waals surface area contributed by atoms with E-state index in [0.29, 0.717) is 5.75 Å². The average molecular weight is 425 g/mol. The van der Waals surface area contributed by atoms with Crippen molar-refractivity contribution in [1.82, 2.24) is 14.8 Å². The molecule has 0 aliphatic carbocycles. The molecule has 1 aliphatic heterocycles. The molecule has 0 unspecified atom stereocenters. The Balaban J connectivity index is 1.45. The van der Waals surface area contributed by atoms with Gasteiger partial charge in [-0.25, -0.2) is 0 Å². The summed E-state index contributed by atoms with van der Waals surface area (Å²) in [6.07, 6.45) is 2.55. The van der Waals surface area contributed by atoms with Crippen LogP contribution in [0.15, 0.2) is 58.7 Å². The summed E-state index contributed by atoms with van der Waals surface area (Å²) in [5, 5.41) is 11.4. The number of anilines is 1. The van der Waals surface area contributed by atoms with Crippen molar-refractivity contribution in [2.24, 2.45) is 7.05 Å². The average Bonchev–Trinajstić information content (AvgIpc) is 3.38. The van der Waals surface area contributed by atoms with Gasteiger partial charge < -0.3 is 9.47 Å². The summed E-state index contributed by atoms with van der Waals surface area (Å²) in [6, 6.07) is 12.5. The van der Waals surface area contributed by atoms with Gasteiger partial charge in [-0.15, -0.1) is 21.5 Å². The summed E-state index contributed by atoms with van der Waals surface area (Å²) >= 11 is 3.15. The third-order valence-corrected chi connectivity index (χ3v) is 7.34. The minimum Gasteiger partial charge on any atom is -0.347 e. The fourth-order valence-corrected chi connectivity index (χ4v) is 5.24. The van der Waals surface area contributed by atoms with E-state index in [1.165, 1.54) is 22.2 Å². The molecular formula is C22H24N4OS2. The number of fused-ring (bicyclic) bond motifs is 1. The molecule has 150 valence electrons. The smallest absolute Gasteiger partial charge is 0.191 e. The SMILES string of the molecule is CN1/C(=C\C(=O)CSc2nnc(Cc3cccs3)n2C)C(C)(C)c2ccccc21. The van der Waals surface area contributed by atoms with E-state index in [4.69, 9.17) is 0 Å². The number of thiophene rings is 1. The predicted octanol–water partition coefficient (Wildman–Crippen LogP) is 4.44. The first-order valence-corrected chi connectivity index (χ1v) is 11.4. The summed E-state index contributed by atoms with van der Waals surface area (Å²) in [5.41, 5.74) is 3.25. The van der Waals surface area contributed by atoms with Gasteiger partial charge in [0.15, 0.2) is 10.9 Å². The lowest BCUT2D eigenvalue weighted by atomic mass is 9.83. The van der Waals surface area contributed by atoms with Gasteiger partial charge in [0.05, 0.1) is 5.75 Å². The molecule has 7 heteroatoms. The van der Waals surface area contributed by atoms with E-state index in [0.717, 1.165) is 28.8 Å². The van der Waals surface area contributed by atoms with Crippen LogP contribution >= 0.6 is 23.1 Å². The fourth-order valence-electron chi connectivity index (χ4n) is 3.78. The van der Waals surface area contributed by atoms with Crippen molar-refractivity contribution in [2.75, 3.05) is 17.7 Å². The highest BCUT2D eigenvalue weighted by Gasteiger charge is 2.38. The Morgan fingerprint density at radius 3 is 2.69 bits per heavy atom. The molecule has 2 aromatic heterocycles. The highest BCUT2D eigenvalue weighted by molar-refractivity contribution is 7.99. The van der Waals surface area contributed by atoms with Gasteiger partial charge in [-0.3, -0.25) is 4.79 Å². The number of aromatic nitrogens is 3. The van der Waals surface area contributed by atoms with E-state index in [-0.39, 0.29) is 11.2 Å². The Labute approximate surface area is 179 Å². The van der Waals surface area contributed by atoms with E-state index in [2.05, 4.69) is 58.6 Å². The van der Waals surface area contributed by atoms with Crippen LogP contribution in [0.5, 0.6) is 0 Å². The normalized spacial score (nSPS) is 16.4. The maximum Gasteiger partial charge on any atom is 0.191 e. The molecule has 1 aromatic carbocycles. The number of rotatable bonds is 6. The summed E-state index contributed by atoms with van der Waals surface area (Å²) < 4.78 is 1.98. The number of carbonyl (C=O) groups is 1. The molecule has 0 atom stereocenters. The molecule has 0 fully saturated rings. The number of nitrogens with zero attached hydrogens (tertiary/aromatic N) is 4. The number of likely N-dealkylation sites (N-methyl/N-ethyl adjacent to an activating group) is 1. The monoisotopic (exact) mass is 424 g/mol. The molecule has 5 nitrogen and oxygen atoms in total. The van der Waals surface area contributed by atoms with Crippen molar-refractivity contribution in [1.29, 1.82) is 0 Å². The van der Waals surface area contributed by atoms with Gasteiger partial charge in [0.1, 0.15) is 5.82 Å². The zero-order valence-corrected chi connectivity index (χ0v) is 18.7. The van der Waals surface area contributed by atoms with Gasteiger partial charge in [-0.05, 0) is 23.1 Å². The van der Waals surface area contributed by atoms with Gasteiger partial charge in [0, 0.05) is 48.3 Å². The van der Waals surface area contributed by atoms with Crippen LogP contribution in [0.3, 0.4) is 0 Å². The molecule has 0 bridgehead atoms. The first-order valence-electron chi connectivity index (χ1n) is 9.49. The molecule has 29 heavy (non-hydrogen) atoms. The van der Waals surface area contributed by atoms with Crippen LogP contribution in [-0.2, 0) is 23.7 Å². The van der Waals surface area contributed by atoms with Crippen molar-refractivity contribution in [3.8, 4) is 0 Å². The molecule has 0 saturated heterocycles. The second kappa shape index (κ2) is 7.80. The third-order valence-electron chi connectivity index (χ3n) is 5.42. The minimum absolute atomic E-state index is 0.0838. The van der Waals surface area contributed by atoms with Gasteiger partial charge in [-0.1, -0.05) is 49.9 Å². The largest absolute Gasteiger partial charge is 0.347 e. The number of hydrogen-bond acceptors (Lipinski definition) is 6. The van der Waals surface area contributed by atoms with Crippen LogP contribution in [0.4, 0.5) is 5.69 Å². The van der Waals surface area contributed by atoms with Crippen LogP contribution in [0.2, 0.25) is 0 Å². The Morgan fingerprint density at radius 2 is 1.97 bits per heavy atom. The molecule has 4 rings (SSSR count). The number of allylic oxidation sites excluding steroid dienone is 2. The highest BCUT2D eigenvalue weighted by atomic mass is 32.2. The van der Waals surface area contributed by atoms with Crippen molar-refractivity contribution in [3.05, 3.63) is 69.8 Å². The van der Waals surface area contributed by atoms with Crippen LogP contribution in [0, 0.1) is 0 Å². The first kappa shape index (κ1) is 19.9. The van der Waals surface area contributed by atoms with Crippen LogP contribution in [0.1, 0.15) is 30.1 Å². The summed E-state index contributed by atoms with van der Waals surface area (Å²) in [6.45, 7) is 4.34. The lowest BCUT2D eigenvalue weighted by molar-refractivity contribution is -0.112. The Morgan fingerprint density at radius 1 is 1.17 bits per heavy atom. The molecule has 1 aliphatic rings. The maximum atomic E-state index is 12.8. The molecule has 0 saturated carbocycles. The van der Waals surface area contributed by atoms with Crippen LogP contribution in [0.25, 0.3) is 0 Å². The Hall–Kier alpha value is -2.38. The van der Waals surface area contributed by atoms with Crippen molar-refractivity contribution in [2.45, 2.75) is 30.8 Å². The zero-order chi connectivity index (χ0) is 20.6. The topological polar surface area (TPSA) is 51.0 Å². The van der Waals surface area contributed by atoms with E-state index < -0.39 is 0 Å². The molecule has 0 spiro atoms. The van der Waals surface area contributed by atoms with Crippen LogP contribution < -0.4 is 4.90 Å². The number of hydrogen-bond donors (Lipinski definition) is 0. The second-order valence-corrected chi connectivity index (χ2v) is 9.67. The Bertz CT molecular complexity index is 1070. The van der Waals surface area contributed by atoms with E-state index in [1.54, 1.807) is 17.4 Å². The molecule has 3 aromatic rings. The number of benzene rings is 1. The van der Waals surface area contributed by atoms with E-state index in [9.17, 15) is 4.79 Å². The number of ketones is 1. The second-order valence-electron chi connectivity index (χ2n) is 7.70. The van der Waals surface area contributed by atoms with Crippen molar-refractivity contribution in [3.63, 3.8) is 0 Å². The van der Waals surface area contributed by atoms with Crippen LogP contribution in [-0.4, -0.2) is 33.3 Å². The van der Waals surface area contributed by atoms with Crippen molar-refractivity contribution < 1.29 is 4.79 Å². The van der Waals surface area contributed by atoms with Gasteiger partial charge >= 0.3 is 0 Å². The lowest BCUT2D eigenvalue weighted by Crippen LogP contribution is -2.24. The maximum absolute atomic E-state index is 12.8. The minimum atomic E-state index is -0.190. The lowest BCUT2D eigenvalue weighted by Gasteiger charge is -2.23. The standard InChI is InChI=1S/C22H24N4OS2/c1-22(2)17-9-5-6-10-18(17)25(3)19(22)12-15(27)14-29-21-24-23-20(26(21)4)13-16-8-7-11-28-16/h5-12H,13-14H2,1-4H3/b19-12-. The zero-order valence-electron chi connectivity index (χ0n) is 17.0. The van der Waals surface area contributed by atoms with Gasteiger partial charge in [0.2, 0.25) is 0 Å². The van der Waals surface area contributed by atoms with E-state index in [1.807, 2.05) is 30.8 Å². The molecule has 0 N–H and O–H groups in total. The fraction of sp³-hybridized carbons (Fsp3) is 0.318. The molecular weight excluding hydrogens is 400 g/mol. The van der Waals surface area contributed by atoms with Crippen molar-refractivity contribution >= 4 is 34.6 Å². The first-order chi connectivity index (χ1) is 13.9. The predicted molar refractivity (Wildman–Crippen MR) is 120 cm³/mol. The number of para-hydroxylation sites is 1. The van der Waals surface area contributed by atoms with E-state index >= 15 is 0 Å². The molecule has 0 radical (unpaired) electrons. The number of thioether (sulfide) groups is 1. The summed E-state index contributed by atoms with van der Waals surface area (Å²) in [5.74, 6) is 1.34. The van der Waals surface area contributed by atoms with Gasteiger partial charge in [-0.2, -0.15) is 0 Å².